The predicted molar refractivity (Wildman–Crippen MR) is 134 cm³/mol. The van der Waals surface area contributed by atoms with Crippen molar-refractivity contribution in [2.24, 2.45) is 11.8 Å². The van der Waals surface area contributed by atoms with Crippen LogP contribution in [0.1, 0.15) is 57.8 Å². The first-order chi connectivity index (χ1) is 16.9. The summed E-state index contributed by atoms with van der Waals surface area (Å²) in [5.74, 6) is 0.294. The van der Waals surface area contributed by atoms with E-state index in [-0.39, 0.29) is 35.2 Å². The zero-order chi connectivity index (χ0) is 24.8. The molecule has 1 saturated heterocycles. The Balaban J connectivity index is 1.37. The molecule has 188 valence electrons. The Morgan fingerprint density at radius 3 is 2.60 bits per heavy atom. The zero-order valence-corrected chi connectivity index (χ0v) is 20.4. The maximum absolute atomic E-state index is 14.1. The standard InChI is InChI=1S/C28H36FN3O3/c1-2-8-22(17-21-9-4-3-5-10-21)27(34)31-15-13-28(35,14-16-31)19-32-20-30-25(18-26(32)33)23-11-6-7-12-24(23)29/h2,6-7,11-12,18,20-22,35H,1,3-5,8-10,13-17,19H2/t22-/m1/s1. The highest BCUT2D eigenvalue weighted by Crippen LogP contribution is 2.32. The Kier molecular flexibility index (Phi) is 8.16. The van der Waals surface area contributed by atoms with Crippen LogP contribution in [0, 0.1) is 17.7 Å². The van der Waals surface area contributed by atoms with Crippen LogP contribution < -0.4 is 5.56 Å². The van der Waals surface area contributed by atoms with Crippen molar-refractivity contribution >= 4 is 5.91 Å². The Morgan fingerprint density at radius 1 is 1.23 bits per heavy atom. The third-order valence-corrected chi connectivity index (χ3v) is 7.64. The quantitative estimate of drug-likeness (QED) is 0.561. The van der Waals surface area contributed by atoms with E-state index in [9.17, 15) is 19.1 Å². The molecule has 2 aromatic rings. The zero-order valence-electron chi connectivity index (χ0n) is 20.4. The molecule has 0 spiro atoms. The molecule has 6 nitrogen and oxygen atoms in total. The second kappa shape index (κ2) is 11.3. The number of aromatic nitrogens is 2. The minimum absolute atomic E-state index is 0.0421. The average Bonchev–Trinajstić information content (AvgIpc) is 2.86. The summed E-state index contributed by atoms with van der Waals surface area (Å²) in [6, 6.07) is 7.48. The van der Waals surface area contributed by atoms with Crippen molar-refractivity contribution in [2.75, 3.05) is 13.1 Å². The van der Waals surface area contributed by atoms with Gasteiger partial charge in [-0.1, -0.05) is 50.3 Å². The molecule has 1 aromatic carbocycles. The molecule has 4 rings (SSSR count). The molecule has 1 amide bonds. The number of hydrogen-bond donors (Lipinski definition) is 1. The van der Waals surface area contributed by atoms with E-state index in [4.69, 9.17) is 0 Å². The highest BCUT2D eigenvalue weighted by Gasteiger charge is 2.36. The number of likely N-dealkylation sites (tertiary alicyclic amines) is 1. The number of halogens is 1. The monoisotopic (exact) mass is 481 g/mol. The summed E-state index contributed by atoms with van der Waals surface area (Å²) in [6.45, 7) is 4.88. The molecular formula is C28H36FN3O3. The molecule has 1 atom stereocenters. The van der Waals surface area contributed by atoms with Gasteiger partial charge in [-0.2, -0.15) is 0 Å². The van der Waals surface area contributed by atoms with Gasteiger partial charge in [-0.25, -0.2) is 9.37 Å². The molecule has 1 aromatic heterocycles. The molecular weight excluding hydrogens is 445 g/mol. The molecule has 0 radical (unpaired) electrons. The highest BCUT2D eigenvalue weighted by atomic mass is 19.1. The van der Waals surface area contributed by atoms with Crippen molar-refractivity contribution in [3.05, 3.63) is 65.5 Å². The lowest BCUT2D eigenvalue weighted by atomic mass is 9.81. The van der Waals surface area contributed by atoms with Crippen molar-refractivity contribution in [2.45, 2.75) is 69.9 Å². The van der Waals surface area contributed by atoms with Crippen LogP contribution in [0.3, 0.4) is 0 Å². The normalized spacial score (nSPS) is 19.3. The van der Waals surface area contributed by atoms with E-state index in [1.807, 2.05) is 11.0 Å². The van der Waals surface area contributed by atoms with Gasteiger partial charge in [0.05, 0.1) is 24.2 Å². The summed E-state index contributed by atoms with van der Waals surface area (Å²) in [5.41, 5.74) is -0.907. The second-order valence-corrected chi connectivity index (χ2v) is 10.2. The lowest BCUT2D eigenvalue weighted by Crippen LogP contribution is -2.51. The minimum atomic E-state index is -1.10. The van der Waals surface area contributed by atoms with Gasteiger partial charge < -0.3 is 10.0 Å². The number of carbonyl (C=O) groups is 1. The number of aliphatic hydroxyl groups is 1. The SMILES string of the molecule is C=CC[C@H](CC1CCCCC1)C(=O)N1CCC(O)(Cn2cnc(-c3ccccc3F)cc2=O)CC1. The maximum atomic E-state index is 14.1. The maximum Gasteiger partial charge on any atom is 0.253 e. The highest BCUT2D eigenvalue weighted by molar-refractivity contribution is 5.79. The van der Waals surface area contributed by atoms with Gasteiger partial charge in [0.25, 0.3) is 5.56 Å². The molecule has 2 heterocycles. The summed E-state index contributed by atoms with van der Waals surface area (Å²) >= 11 is 0. The van der Waals surface area contributed by atoms with Crippen LogP contribution in [0.25, 0.3) is 11.3 Å². The summed E-state index contributed by atoms with van der Waals surface area (Å²) in [4.78, 5) is 32.1. The Morgan fingerprint density at radius 2 is 1.94 bits per heavy atom. The number of piperidine rings is 1. The Hall–Kier alpha value is -2.80. The number of nitrogens with zero attached hydrogens (tertiary/aromatic N) is 3. The number of rotatable bonds is 8. The number of amides is 1. The summed E-state index contributed by atoms with van der Waals surface area (Å²) in [6.07, 6.45) is 11.8. The summed E-state index contributed by atoms with van der Waals surface area (Å²) in [5, 5.41) is 11.2. The van der Waals surface area contributed by atoms with E-state index in [1.165, 1.54) is 55.1 Å². The first-order valence-corrected chi connectivity index (χ1v) is 12.8. The van der Waals surface area contributed by atoms with E-state index >= 15 is 0 Å². The molecule has 1 saturated carbocycles. The molecule has 1 aliphatic heterocycles. The third-order valence-electron chi connectivity index (χ3n) is 7.64. The van der Waals surface area contributed by atoms with Crippen molar-refractivity contribution in [3.63, 3.8) is 0 Å². The fraction of sp³-hybridized carbons (Fsp3) is 0.536. The summed E-state index contributed by atoms with van der Waals surface area (Å²) < 4.78 is 15.4. The first-order valence-electron chi connectivity index (χ1n) is 12.8. The van der Waals surface area contributed by atoms with Crippen LogP contribution >= 0.6 is 0 Å². The van der Waals surface area contributed by atoms with Crippen molar-refractivity contribution in [3.8, 4) is 11.3 Å². The minimum Gasteiger partial charge on any atom is -0.388 e. The van der Waals surface area contributed by atoms with E-state index in [1.54, 1.807) is 18.2 Å². The number of carbonyl (C=O) groups excluding carboxylic acids is 1. The van der Waals surface area contributed by atoms with Gasteiger partial charge in [0.15, 0.2) is 0 Å². The van der Waals surface area contributed by atoms with Crippen LogP contribution in [-0.2, 0) is 11.3 Å². The van der Waals surface area contributed by atoms with Gasteiger partial charge >= 0.3 is 0 Å². The molecule has 1 aliphatic carbocycles. The second-order valence-electron chi connectivity index (χ2n) is 10.2. The Labute approximate surface area is 206 Å². The topological polar surface area (TPSA) is 75.4 Å². The van der Waals surface area contributed by atoms with Gasteiger partial charge in [0.1, 0.15) is 5.82 Å². The van der Waals surface area contributed by atoms with E-state index < -0.39 is 11.4 Å². The summed E-state index contributed by atoms with van der Waals surface area (Å²) in [7, 11) is 0. The van der Waals surface area contributed by atoms with E-state index in [2.05, 4.69) is 11.6 Å². The van der Waals surface area contributed by atoms with Gasteiger partial charge in [-0.3, -0.25) is 14.2 Å². The fourth-order valence-corrected chi connectivity index (χ4v) is 5.56. The Bertz CT molecular complexity index is 1080. The molecule has 2 aliphatic rings. The molecule has 0 unspecified atom stereocenters. The van der Waals surface area contributed by atoms with Crippen molar-refractivity contribution in [1.29, 1.82) is 0 Å². The van der Waals surface area contributed by atoms with Gasteiger partial charge in [0.2, 0.25) is 5.91 Å². The van der Waals surface area contributed by atoms with E-state index in [0.717, 1.165) is 6.42 Å². The van der Waals surface area contributed by atoms with Gasteiger partial charge in [0, 0.05) is 30.6 Å². The molecule has 1 N–H and O–H groups in total. The van der Waals surface area contributed by atoms with Crippen LogP contribution in [0.2, 0.25) is 0 Å². The van der Waals surface area contributed by atoms with Crippen LogP contribution in [-0.4, -0.2) is 44.2 Å². The van der Waals surface area contributed by atoms with Crippen molar-refractivity contribution in [1.82, 2.24) is 14.5 Å². The lowest BCUT2D eigenvalue weighted by molar-refractivity contribution is -0.140. The molecule has 2 fully saturated rings. The number of hydrogen-bond acceptors (Lipinski definition) is 4. The lowest BCUT2D eigenvalue weighted by Gasteiger charge is -2.40. The third kappa shape index (κ3) is 6.26. The smallest absolute Gasteiger partial charge is 0.253 e. The number of benzene rings is 1. The van der Waals surface area contributed by atoms with Gasteiger partial charge in [-0.05, 0) is 43.7 Å². The van der Waals surface area contributed by atoms with Crippen LogP contribution in [0.15, 0.2) is 54.1 Å². The number of allylic oxidation sites excluding steroid dienone is 1. The molecule has 7 heteroatoms. The average molecular weight is 482 g/mol. The predicted octanol–water partition coefficient (Wildman–Crippen LogP) is 4.57. The molecule has 0 bridgehead atoms. The van der Waals surface area contributed by atoms with Gasteiger partial charge in [-0.15, -0.1) is 6.58 Å². The molecule has 35 heavy (non-hydrogen) atoms. The fourth-order valence-electron chi connectivity index (χ4n) is 5.56. The van der Waals surface area contributed by atoms with E-state index in [0.29, 0.717) is 38.3 Å². The first kappa shape index (κ1) is 25.3. The van der Waals surface area contributed by atoms with Crippen LogP contribution in [0.4, 0.5) is 4.39 Å². The van der Waals surface area contributed by atoms with Crippen LogP contribution in [0.5, 0.6) is 0 Å². The van der Waals surface area contributed by atoms with Crippen molar-refractivity contribution < 1.29 is 14.3 Å². The largest absolute Gasteiger partial charge is 0.388 e.